The van der Waals surface area contributed by atoms with Gasteiger partial charge in [-0.3, -0.25) is 0 Å². The molecule has 1 saturated carbocycles. The zero-order valence-corrected chi connectivity index (χ0v) is 21.9. The van der Waals surface area contributed by atoms with Crippen LogP contribution in [0.2, 0.25) is 0 Å². The number of hydrogen-bond acceptors (Lipinski definition) is 17. The molecule has 0 aromatic heterocycles. The Labute approximate surface area is 244 Å². The highest BCUT2D eigenvalue weighted by atomic mass is 16.6. The molecule has 3 aromatic rings. The van der Waals surface area contributed by atoms with E-state index in [1.807, 2.05) is 0 Å². The van der Waals surface area contributed by atoms with Crippen LogP contribution in [-0.4, -0.2) is 105 Å². The SMILES string of the molecule is O=C(OC1CC(OC(=O)c2cc(O)c(O)c(O)c2)C(OC(=O)c2cc(O)c(O)c(O)c2)C(O)C1O)c1cc(O)c(O)c(O)c1. The summed E-state index contributed by atoms with van der Waals surface area (Å²) in [6.07, 6.45) is -10.3. The van der Waals surface area contributed by atoms with E-state index in [2.05, 4.69) is 0 Å². The molecule has 0 saturated heterocycles. The van der Waals surface area contributed by atoms with Gasteiger partial charge in [0.15, 0.2) is 57.8 Å². The molecule has 1 aliphatic rings. The number of aromatic hydroxyl groups is 9. The normalized spacial score (nSPS) is 21.3. The Bertz CT molecular complexity index is 1560. The van der Waals surface area contributed by atoms with Crippen molar-refractivity contribution in [1.29, 1.82) is 0 Å². The molecule has 1 aliphatic carbocycles. The van der Waals surface area contributed by atoms with Crippen LogP contribution in [0.15, 0.2) is 36.4 Å². The van der Waals surface area contributed by atoms with E-state index < -0.39 is 123 Å². The number of ether oxygens (including phenoxy) is 3. The van der Waals surface area contributed by atoms with Crippen molar-refractivity contribution in [3.63, 3.8) is 0 Å². The molecule has 234 valence electrons. The fraction of sp³-hybridized carbons (Fsp3) is 0.222. The molecule has 5 unspecified atom stereocenters. The topological polar surface area (TPSA) is 301 Å². The van der Waals surface area contributed by atoms with Crippen molar-refractivity contribution < 1.29 is 84.8 Å². The second-order valence-electron chi connectivity index (χ2n) is 9.56. The number of aliphatic hydroxyl groups is 2. The minimum atomic E-state index is -2.16. The standard InChI is InChI=1S/C27H24O17/c28-11-1-8(2-12(29)19(11)34)25(39)42-17-7-18(43-26(40)9-3-13(30)20(35)14(31)4-9)24(23(38)22(17)37)44-27(41)10-5-15(32)21(36)16(33)6-10/h1-6,17-18,22-24,28-38H,7H2. The van der Waals surface area contributed by atoms with Gasteiger partial charge in [-0.25, -0.2) is 14.4 Å². The van der Waals surface area contributed by atoms with E-state index in [0.717, 1.165) is 12.1 Å². The Morgan fingerprint density at radius 2 is 0.773 bits per heavy atom. The molecule has 17 heteroatoms. The molecule has 0 heterocycles. The zero-order chi connectivity index (χ0) is 32.6. The van der Waals surface area contributed by atoms with Crippen molar-refractivity contribution in [3.05, 3.63) is 53.1 Å². The Hall–Kier alpha value is -5.81. The number of phenolic OH excluding ortho intramolecular Hbond substituents is 9. The molecule has 4 rings (SSSR count). The fourth-order valence-electron chi connectivity index (χ4n) is 4.28. The summed E-state index contributed by atoms with van der Waals surface area (Å²) in [5, 5.41) is 109. The number of carbonyl (C=O) groups excluding carboxylic acids is 3. The van der Waals surface area contributed by atoms with E-state index >= 15 is 0 Å². The third kappa shape index (κ3) is 6.03. The van der Waals surface area contributed by atoms with Gasteiger partial charge in [-0.2, -0.15) is 0 Å². The first-order valence-corrected chi connectivity index (χ1v) is 12.3. The van der Waals surface area contributed by atoms with E-state index in [1.54, 1.807) is 0 Å². The average molecular weight is 620 g/mol. The van der Waals surface area contributed by atoms with Crippen LogP contribution in [0.25, 0.3) is 0 Å². The largest absolute Gasteiger partial charge is 0.504 e. The Balaban J connectivity index is 1.64. The number of benzene rings is 3. The molecule has 0 spiro atoms. The first-order chi connectivity index (χ1) is 20.6. The Morgan fingerprint density at radius 3 is 1.11 bits per heavy atom. The third-order valence-electron chi connectivity index (χ3n) is 6.57. The first kappa shape index (κ1) is 31.1. The van der Waals surface area contributed by atoms with Crippen LogP contribution in [0, 0.1) is 0 Å². The number of aliphatic hydroxyl groups excluding tert-OH is 2. The summed E-state index contributed by atoms with van der Waals surface area (Å²) in [6, 6.07) is 4.23. The minimum absolute atomic E-state index is 0.511. The predicted octanol–water partition coefficient (Wildman–Crippen LogP) is 0.139. The summed E-state index contributed by atoms with van der Waals surface area (Å²) >= 11 is 0. The van der Waals surface area contributed by atoms with Gasteiger partial charge in [0.1, 0.15) is 24.4 Å². The third-order valence-corrected chi connectivity index (χ3v) is 6.57. The minimum Gasteiger partial charge on any atom is -0.504 e. The fourth-order valence-corrected chi connectivity index (χ4v) is 4.28. The van der Waals surface area contributed by atoms with Crippen molar-refractivity contribution >= 4 is 17.9 Å². The summed E-state index contributed by atoms with van der Waals surface area (Å²) in [7, 11) is 0. The second-order valence-corrected chi connectivity index (χ2v) is 9.56. The van der Waals surface area contributed by atoms with Crippen molar-refractivity contribution in [3.8, 4) is 51.7 Å². The summed E-state index contributed by atoms with van der Waals surface area (Å²) in [5.74, 6) is -12.3. The number of carbonyl (C=O) groups is 3. The summed E-state index contributed by atoms with van der Waals surface area (Å²) in [6.45, 7) is 0. The van der Waals surface area contributed by atoms with E-state index in [9.17, 15) is 70.6 Å². The van der Waals surface area contributed by atoms with E-state index in [1.165, 1.54) is 0 Å². The maximum atomic E-state index is 12.9. The van der Waals surface area contributed by atoms with Gasteiger partial charge in [-0.15, -0.1) is 0 Å². The van der Waals surface area contributed by atoms with Crippen LogP contribution in [0.5, 0.6) is 51.7 Å². The van der Waals surface area contributed by atoms with E-state index in [-0.39, 0.29) is 0 Å². The van der Waals surface area contributed by atoms with E-state index in [0.29, 0.717) is 24.3 Å². The predicted molar refractivity (Wildman–Crippen MR) is 139 cm³/mol. The van der Waals surface area contributed by atoms with Crippen molar-refractivity contribution in [2.45, 2.75) is 36.9 Å². The quantitative estimate of drug-likeness (QED) is 0.0991. The van der Waals surface area contributed by atoms with Gasteiger partial charge in [0.25, 0.3) is 0 Å². The van der Waals surface area contributed by atoms with Crippen molar-refractivity contribution in [2.24, 2.45) is 0 Å². The molecule has 5 atom stereocenters. The Kier molecular flexibility index (Phi) is 8.36. The summed E-state index contributed by atoms with van der Waals surface area (Å²) < 4.78 is 15.7. The highest BCUT2D eigenvalue weighted by molar-refractivity contribution is 5.93. The molecular formula is C27H24O17. The summed E-state index contributed by atoms with van der Waals surface area (Å²) in [4.78, 5) is 38.5. The average Bonchev–Trinajstić information content (AvgIpc) is 2.96. The van der Waals surface area contributed by atoms with Crippen LogP contribution < -0.4 is 0 Å². The van der Waals surface area contributed by atoms with Gasteiger partial charge in [-0.1, -0.05) is 0 Å². The lowest BCUT2D eigenvalue weighted by atomic mass is 9.86. The van der Waals surface area contributed by atoms with Gasteiger partial charge >= 0.3 is 17.9 Å². The smallest absolute Gasteiger partial charge is 0.338 e. The lowest BCUT2D eigenvalue weighted by molar-refractivity contribution is -0.179. The highest BCUT2D eigenvalue weighted by Crippen LogP contribution is 2.39. The van der Waals surface area contributed by atoms with Gasteiger partial charge in [0, 0.05) is 6.42 Å². The van der Waals surface area contributed by atoms with Crippen LogP contribution in [-0.2, 0) is 14.2 Å². The zero-order valence-electron chi connectivity index (χ0n) is 21.9. The Morgan fingerprint density at radius 1 is 0.477 bits per heavy atom. The maximum Gasteiger partial charge on any atom is 0.338 e. The van der Waals surface area contributed by atoms with Gasteiger partial charge in [0.05, 0.1) is 16.7 Å². The second kappa shape index (κ2) is 11.8. The van der Waals surface area contributed by atoms with Gasteiger partial charge < -0.3 is 70.4 Å². The number of hydrogen-bond donors (Lipinski definition) is 11. The molecule has 17 nitrogen and oxygen atoms in total. The van der Waals surface area contributed by atoms with Gasteiger partial charge in [-0.05, 0) is 36.4 Å². The first-order valence-electron chi connectivity index (χ1n) is 12.3. The van der Waals surface area contributed by atoms with E-state index in [4.69, 9.17) is 14.2 Å². The van der Waals surface area contributed by atoms with Crippen molar-refractivity contribution in [1.82, 2.24) is 0 Å². The molecule has 44 heavy (non-hydrogen) atoms. The van der Waals surface area contributed by atoms with Crippen LogP contribution in [0.1, 0.15) is 37.5 Å². The van der Waals surface area contributed by atoms with Crippen molar-refractivity contribution in [2.75, 3.05) is 0 Å². The maximum absolute atomic E-state index is 12.9. The molecule has 1 fully saturated rings. The number of esters is 3. The highest BCUT2D eigenvalue weighted by Gasteiger charge is 2.49. The molecule has 0 bridgehead atoms. The summed E-state index contributed by atoms with van der Waals surface area (Å²) in [5.41, 5.74) is -1.61. The molecule has 3 aromatic carbocycles. The monoisotopic (exact) mass is 620 g/mol. The number of rotatable bonds is 6. The lowest BCUT2D eigenvalue weighted by Gasteiger charge is -2.41. The molecule has 0 radical (unpaired) electrons. The van der Waals surface area contributed by atoms with Crippen LogP contribution in [0.3, 0.4) is 0 Å². The van der Waals surface area contributed by atoms with Crippen LogP contribution in [0.4, 0.5) is 0 Å². The van der Waals surface area contributed by atoms with Gasteiger partial charge in [0.2, 0.25) is 0 Å². The molecule has 11 N–H and O–H groups in total. The molecule has 0 amide bonds. The number of phenols is 9. The molecular weight excluding hydrogens is 596 g/mol. The molecule has 0 aliphatic heterocycles. The lowest BCUT2D eigenvalue weighted by Crippen LogP contribution is -2.59. The van der Waals surface area contributed by atoms with Crippen LogP contribution >= 0.6 is 0 Å².